The maximum Gasteiger partial charge on any atom is 0.277 e. The first kappa shape index (κ1) is 18.8. The number of hydrogen-bond acceptors (Lipinski definition) is 8. The maximum atomic E-state index is 12.5. The van der Waals surface area contributed by atoms with Gasteiger partial charge in [-0.2, -0.15) is 0 Å². The predicted molar refractivity (Wildman–Crippen MR) is 101 cm³/mol. The summed E-state index contributed by atoms with van der Waals surface area (Å²) in [5.41, 5.74) is 1.16. The van der Waals surface area contributed by atoms with E-state index in [1.807, 2.05) is 24.3 Å². The van der Waals surface area contributed by atoms with Crippen LogP contribution in [-0.2, 0) is 0 Å². The first-order valence-corrected chi connectivity index (χ1v) is 8.99. The van der Waals surface area contributed by atoms with Crippen molar-refractivity contribution in [3.05, 3.63) is 48.0 Å². The van der Waals surface area contributed by atoms with Crippen LogP contribution in [0.3, 0.4) is 0 Å². The molecule has 8 heteroatoms. The Labute approximate surface area is 160 Å². The van der Waals surface area contributed by atoms with Crippen molar-refractivity contribution < 1.29 is 23.4 Å². The van der Waals surface area contributed by atoms with E-state index in [1.165, 1.54) is 7.11 Å². The van der Waals surface area contributed by atoms with Crippen LogP contribution >= 0.6 is 11.8 Å². The lowest BCUT2D eigenvalue weighted by molar-refractivity contribution is 0.101. The second-order valence-electron chi connectivity index (χ2n) is 5.35. The predicted octanol–water partition coefficient (Wildman–Crippen LogP) is 3.74. The zero-order valence-corrected chi connectivity index (χ0v) is 15.9. The van der Waals surface area contributed by atoms with Gasteiger partial charge in [0.1, 0.15) is 17.2 Å². The molecule has 0 saturated heterocycles. The molecule has 3 aromatic rings. The van der Waals surface area contributed by atoms with Crippen molar-refractivity contribution in [2.45, 2.75) is 5.22 Å². The summed E-state index contributed by atoms with van der Waals surface area (Å²) in [7, 11) is 4.64. The second-order valence-corrected chi connectivity index (χ2v) is 6.28. The second kappa shape index (κ2) is 8.59. The molecule has 0 aliphatic rings. The van der Waals surface area contributed by atoms with Crippen molar-refractivity contribution in [1.29, 1.82) is 0 Å². The van der Waals surface area contributed by atoms with Gasteiger partial charge in [-0.25, -0.2) is 0 Å². The van der Waals surface area contributed by atoms with Gasteiger partial charge in [0.25, 0.3) is 11.1 Å². The van der Waals surface area contributed by atoms with Crippen LogP contribution in [0.25, 0.3) is 11.5 Å². The summed E-state index contributed by atoms with van der Waals surface area (Å²) < 4.78 is 21.4. The number of para-hydroxylation sites is 1. The summed E-state index contributed by atoms with van der Waals surface area (Å²) in [6.45, 7) is 0. The highest BCUT2D eigenvalue weighted by atomic mass is 32.2. The van der Waals surface area contributed by atoms with Crippen LogP contribution in [-0.4, -0.2) is 43.1 Å². The lowest BCUT2D eigenvalue weighted by Crippen LogP contribution is -2.05. The number of hydrogen-bond donors (Lipinski definition) is 0. The number of rotatable bonds is 8. The molecule has 0 spiro atoms. The third-order valence-electron chi connectivity index (χ3n) is 3.78. The number of carbonyl (C=O) groups excluding carboxylic acids is 1. The number of aromatic nitrogens is 2. The van der Waals surface area contributed by atoms with Crippen molar-refractivity contribution >= 4 is 17.5 Å². The summed E-state index contributed by atoms with van der Waals surface area (Å²) >= 11 is 1.16. The van der Waals surface area contributed by atoms with Gasteiger partial charge in [-0.1, -0.05) is 23.9 Å². The van der Waals surface area contributed by atoms with E-state index in [1.54, 1.807) is 32.4 Å². The number of nitrogens with zero attached hydrogens (tertiary/aromatic N) is 2. The van der Waals surface area contributed by atoms with Crippen LogP contribution in [0.1, 0.15) is 10.4 Å². The Morgan fingerprint density at radius 3 is 2.52 bits per heavy atom. The van der Waals surface area contributed by atoms with Crippen LogP contribution in [0, 0.1) is 0 Å². The molecule has 0 bridgehead atoms. The Morgan fingerprint density at radius 1 is 1.00 bits per heavy atom. The number of benzene rings is 2. The molecule has 0 aliphatic carbocycles. The quantitative estimate of drug-likeness (QED) is 0.428. The molecular formula is C19H18N2O5S. The molecule has 3 rings (SSSR count). The molecule has 140 valence electrons. The largest absolute Gasteiger partial charge is 0.497 e. The van der Waals surface area contributed by atoms with E-state index in [0.29, 0.717) is 39.5 Å². The van der Waals surface area contributed by atoms with E-state index in [2.05, 4.69) is 10.2 Å². The van der Waals surface area contributed by atoms with Gasteiger partial charge in [-0.05, 0) is 24.3 Å². The highest BCUT2D eigenvalue weighted by Gasteiger charge is 2.17. The van der Waals surface area contributed by atoms with Gasteiger partial charge in [0.05, 0.1) is 38.2 Å². The average molecular weight is 386 g/mol. The average Bonchev–Trinajstić information content (AvgIpc) is 3.20. The van der Waals surface area contributed by atoms with Crippen LogP contribution < -0.4 is 14.2 Å². The molecule has 0 atom stereocenters. The molecular weight excluding hydrogens is 368 g/mol. The van der Waals surface area contributed by atoms with Gasteiger partial charge >= 0.3 is 0 Å². The number of Topliss-reactive ketones (excluding diaryl/α,β-unsaturated/α-hetero) is 1. The van der Waals surface area contributed by atoms with E-state index in [-0.39, 0.29) is 11.5 Å². The van der Waals surface area contributed by atoms with Crippen LogP contribution in [0.2, 0.25) is 0 Å². The molecule has 0 aliphatic heterocycles. The molecule has 1 heterocycles. The standard InChI is InChI=1S/C19H18N2O5S/c1-23-12-8-9-13(17(10-12)25-3)15(22)11-27-19-21-20-18(26-19)14-6-4-5-7-16(14)24-2/h4-10H,11H2,1-3H3. The minimum atomic E-state index is -0.114. The lowest BCUT2D eigenvalue weighted by Gasteiger charge is -2.08. The van der Waals surface area contributed by atoms with Crippen LogP contribution in [0.15, 0.2) is 52.1 Å². The van der Waals surface area contributed by atoms with Crippen molar-refractivity contribution in [3.8, 4) is 28.7 Å². The van der Waals surface area contributed by atoms with Gasteiger partial charge in [-0.3, -0.25) is 4.79 Å². The van der Waals surface area contributed by atoms with Crippen LogP contribution in [0.4, 0.5) is 0 Å². The molecule has 27 heavy (non-hydrogen) atoms. The zero-order valence-electron chi connectivity index (χ0n) is 15.1. The van der Waals surface area contributed by atoms with Crippen molar-refractivity contribution in [2.24, 2.45) is 0 Å². The zero-order chi connectivity index (χ0) is 19.2. The third kappa shape index (κ3) is 4.22. The Kier molecular flexibility index (Phi) is 5.97. The third-order valence-corrected chi connectivity index (χ3v) is 4.60. The summed E-state index contributed by atoms with van der Waals surface area (Å²) in [6, 6.07) is 12.4. The normalized spacial score (nSPS) is 10.5. The first-order valence-electron chi connectivity index (χ1n) is 8.01. The number of thioether (sulfide) groups is 1. The highest BCUT2D eigenvalue weighted by Crippen LogP contribution is 2.31. The fourth-order valence-electron chi connectivity index (χ4n) is 2.43. The molecule has 0 N–H and O–H groups in total. The van der Waals surface area contributed by atoms with Crippen molar-refractivity contribution in [3.63, 3.8) is 0 Å². The Bertz CT molecular complexity index is 941. The Hall–Kier alpha value is -3.00. The van der Waals surface area contributed by atoms with Gasteiger partial charge in [0.2, 0.25) is 0 Å². The first-order chi connectivity index (χ1) is 13.2. The molecule has 0 unspecified atom stereocenters. The van der Waals surface area contributed by atoms with Gasteiger partial charge in [-0.15, -0.1) is 10.2 Å². The van der Waals surface area contributed by atoms with E-state index < -0.39 is 0 Å². The van der Waals surface area contributed by atoms with Gasteiger partial charge < -0.3 is 18.6 Å². The van der Waals surface area contributed by atoms with E-state index in [9.17, 15) is 4.79 Å². The van der Waals surface area contributed by atoms with E-state index >= 15 is 0 Å². The molecule has 1 aromatic heterocycles. The number of ketones is 1. The molecule has 0 radical (unpaired) electrons. The topological polar surface area (TPSA) is 83.7 Å². The molecule has 0 saturated carbocycles. The highest BCUT2D eigenvalue weighted by molar-refractivity contribution is 7.99. The van der Waals surface area contributed by atoms with Gasteiger partial charge in [0, 0.05) is 6.07 Å². The van der Waals surface area contributed by atoms with Crippen molar-refractivity contribution in [1.82, 2.24) is 10.2 Å². The van der Waals surface area contributed by atoms with E-state index in [0.717, 1.165) is 11.8 Å². The summed E-state index contributed by atoms with van der Waals surface area (Å²) in [5, 5.41) is 8.33. The number of ether oxygens (including phenoxy) is 3. The lowest BCUT2D eigenvalue weighted by atomic mass is 10.1. The maximum absolute atomic E-state index is 12.5. The Balaban J connectivity index is 1.71. The molecule has 2 aromatic carbocycles. The smallest absolute Gasteiger partial charge is 0.277 e. The summed E-state index contributed by atoms with van der Waals surface area (Å²) in [4.78, 5) is 12.5. The van der Waals surface area contributed by atoms with Crippen LogP contribution in [0.5, 0.6) is 17.2 Å². The molecule has 0 amide bonds. The van der Waals surface area contributed by atoms with E-state index in [4.69, 9.17) is 18.6 Å². The van der Waals surface area contributed by atoms with Gasteiger partial charge in [0.15, 0.2) is 5.78 Å². The summed E-state index contributed by atoms with van der Waals surface area (Å²) in [5.74, 6) is 2.07. The fraction of sp³-hybridized carbons (Fsp3) is 0.211. The Morgan fingerprint density at radius 2 is 1.78 bits per heavy atom. The van der Waals surface area contributed by atoms with Crippen molar-refractivity contribution in [2.75, 3.05) is 27.1 Å². The number of carbonyl (C=O) groups is 1. The minimum Gasteiger partial charge on any atom is -0.497 e. The SMILES string of the molecule is COc1ccc(C(=O)CSc2nnc(-c3ccccc3OC)o2)c(OC)c1. The minimum absolute atomic E-state index is 0.114. The summed E-state index contributed by atoms with van der Waals surface area (Å²) in [6.07, 6.45) is 0. The molecule has 0 fully saturated rings. The molecule has 7 nitrogen and oxygen atoms in total. The monoisotopic (exact) mass is 386 g/mol. The fourth-order valence-corrected chi connectivity index (χ4v) is 3.08. The number of methoxy groups -OCH3 is 3.